The number of fused-ring (bicyclic) bond motifs is 1. The van der Waals surface area contributed by atoms with Crippen molar-refractivity contribution in [3.63, 3.8) is 0 Å². The first-order valence-electron chi connectivity index (χ1n) is 7.31. The molecule has 3 rings (SSSR count). The van der Waals surface area contributed by atoms with Crippen LogP contribution >= 0.6 is 0 Å². The second kappa shape index (κ2) is 4.93. The smallest absolute Gasteiger partial charge is 0.0924 e. The average molecular weight is 255 g/mol. The van der Waals surface area contributed by atoms with Crippen LogP contribution in [0.4, 0.5) is 0 Å². The number of hydrogen-bond donors (Lipinski definition) is 1. The Hall–Kier alpha value is -1.41. The highest BCUT2D eigenvalue weighted by Gasteiger charge is 2.39. The zero-order valence-electron chi connectivity index (χ0n) is 11.5. The number of hydrogen-bond acceptors (Lipinski definition) is 2. The van der Waals surface area contributed by atoms with Crippen LogP contribution in [0.15, 0.2) is 36.5 Å². The molecule has 0 saturated heterocycles. The zero-order valence-corrected chi connectivity index (χ0v) is 11.5. The Kier molecular flexibility index (Phi) is 3.28. The summed E-state index contributed by atoms with van der Waals surface area (Å²) >= 11 is 0. The second-order valence-electron chi connectivity index (χ2n) is 5.69. The summed E-state index contributed by atoms with van der Waals surface area (Å²) in [5, 5.41) is 12.3. The minimum atomic E-state index is -0.642. The van der Waals surface area contributed by atoms with E-state index in [0.29, 0.717) is 5.92 Å². The van der Waals surface area contributed by atoms with E-state index >= 15 is 0 Å². The molecule has 1 aromatic carbocycles. The van der Waals surface area contributed by atoms with Crippen LogP contribution in [-0.4, -0.2) is 10.1 Å². The van der Waals surface area contributed by atoms with Crippen LogP contribution in [0.1, 0.15) is 44.6 Å². The summed E-state index contributed by atoms with van der Waals surface area (Å²) in [4.78, 5) is 4.35. The molecule has 2 atom stereocenters. The molecule has 1 heterocycles. The molecule has 0 radical (unpaired) electrons. The Morgan fingerprint density at radius 2 is 2.21 bits per heavy atom. The molecule has 0 bridgehead atoms. The monoisotopic (exact) mass is 255 g/mol. The van der Waals surface area contributed by atoms with Crippen LogP contribution in [0.5, 0.6) is 0 Å². The van der Waals surface area contributed by atoms with E-state index in [1.54, 1.807) is 0 Å². The fourth-order valence-electron chi connectivity index (χ4n) is 3.49. The maximum Gasteiger partial charge on any atom is 0.0924 e. The Morgan fingerprint density at radius 1 is 1.32 bits per heavy atom. The van der Waals surface area contributed by atoms with Gasteiger partial charge in [0.15, 0.2) is 0 Å². The normalized spacial score (nSPS) is 27.6. The van der Waals surface area contributed by atoms with Gasteiger partial charge in [-0.2, -0.15) is 0 Å². The summed E-state index contributed by atoms with van der Waals surface area (Å²) in [5.41, 5.74) is 1.43. The molecule has 1 N–H and O–H groups in total. The van der Waals surface area contributed by atoms with Crippen molar-refractivity contribution in [2.45, 2.75) is 44.6 Å². The Morgan fingerprint density at radius 3 is 3.05 bits per heavy atom. The van der Waals surface area contributed by atoms with Gasteiger partial charge in [-0.15, -0.1) is 0 Å². The van der Waals surface area contributed by atoms with Gasteiger partial charge in [0.2, 0.25) is 0 Å². The highest BCUT2D eigenvalue weighted by molar-refractivity contribution is 5.79. The molecule has 0 aliphatic heterocycles. The van der Waals surface area contributed by atoms with Crippen molar-refractivity contribution in [1.29, 1.82) is 0 Å². The van der Waals surface area contributed by atoms with Crippen molar-refractivity contribution < 1.29 is 5.11 Å². The van der Waals surface area contributed by atoms with E-state index in [0.717, 1.165) is 42.1 Å². The Bertz CT molecular complexity index is 580. The third kappa shape index (κ3) is 2.14. The molecule has 1 aromatic heterocycles. The molecule has 1 saturated carbocycles. The summed E-state index contributed by atoms with van der Waals surface area (Å²) in [7, 11) is 0. The van der Waals surface area contributed by atoms with Crippen molar-refractivity contribution in [1.82, 2.24) is 4.98 Å². The van der Waals surface area contributed by atoms with Gasteiger partial charge in [0.05, 0.1) is 11.1 Å². The lowest BCUT2D eigenvalue weighted by Crippen LogP contribution is -2.37. The predicted octanol–water partition coefficient (Wildman–Crippen LogP) is 4.02. The van der Waals surface area contributed by atoms with Gasteiger partial charge in [0.1, 0.15) is 0 Å². The van der Waals surface area contributed by atoms with Gasteiger partial charge < -0.3 is 5.11 Å². The summed E-state index contributed by atoms with van der Waals surface area (Å²) in [6.45, 7) is 2.18. The second-order valence-corrected chi connectivity index (χ2v) is 5.69. The van der Waals surface area contributed by atoms with Crippen LogP contribution < -0.4 is 0 Å². The van der Waals surface area contributed by atoms with Crippen LogP contribution in [0, 0.1) is 5.92 Å². The highest BCUT2D eigenvalue weighted by atomic mass is 16.3. The Balaban J connectivity index is 2.06. The van der Waals surface area contributed by atoms with Crippen molar-refractivity contribution >= 4 is 10.9 Å². The van der Waals surface area contributed by atoms with Gasteiger partial charge in [-0.25, -0.2) is 0 Å². The predicted molar refractivity (Wildman–Crippen MR) is 77.9 cm³/mol. The Labute approximate surface area is 114 Å². The SMILES string of the molecule is CCC1CCCCC1(O)c1ccc2ncccc2c1. The molecule has 1 fully saturated rings. The molecule has 19 heavy (non-hydrogen) atoms. The minimum absolute atomic E-state index is 0.385. The molecule has 2 nitrogen and oxygen atoms in total. The first-order valence-corrected chi connectivity index (χ1v) is 7.31. The summed E-state index contributed by atoms with van der Waals surface area (Å²) in [6, 6.07) is 10.2. The number of rotatable bonds is 2. The van der Waals surface area contributed by atoms with Crippen LogP contribution in [0.25, 0.3) is 10.9 Å². The van der Waals surface area contributed by atoms with Crippen LogP contribution in [0.3, 0.4) is 0 Å². The highest BCUT2D eigenvalue weighted by Crippen LogP contribution is 2.43. The fraction of sp³-hybridized carbons (Fsp3) is 0.471. The topological polar surface area (TPSA) is 33.1 Å². The number of aliphatic hydroxyl groups is 1. The fourth-order valence-corrected chi connectivity index (χ4v) is 3.49. The van der Waals surface area contributed by atoms with Gasteiger partial charge >= 0.3 is 0 Å². The number of nitrogens with zero attached hydrogens (tertiary/aromatic N) is 1. The lowest BCUT2D eigenvalue weighted by Gasteiger charge is -2.40. The van der Waals surface area contributed by atoms with Crippen LogP contribution in [-0.2, 0) is 5.60 Å². The summed E-state index contributed by atoms with van der Waals surface area (Å²) in [6.07, 6.45) is 7.25. The van der Waals surface area contributed by atoms with Gasteiger partial charge in [0.25, 0.3) is 0 Å². The van der Waals surface area contributed by atoms with Crippen LogP contribution in [0.2, 0.25) is 0 Å². The molecule has 1 aliphatic rings. The van der Waals surface area contributed by atoms with Crippen molar-refractivity contribution in [3.8, 4) is 0 Å². The number of pyridine rings is 1. The van der Waals surface area contributed by atoms with Crippen molar-refractivity contribution in [2.75, 3.05) is 0 Å². The van der Waals surface area contributed by atoms with E-state index in [9.17, 15) is 5.11 Å². The van der Waals surface area contributed by atoms with E-state index in [2.05, 4.69) is 30.1 Å². The third-order valence-corrected chi connectivity index (χ3v) is 4.63. The minimum Gasteiger partial charge on any atom is -0.385 e. The van der Waals surface area contributed by atoms with E-state index in [1.807, 2.05) is 18.3 Å². The lowest BCUT2D eigenvalue weighted by atomic mass is 9.70. The van der Waals surface area contributed by atoms with Crippen molar-refractivity contribution in [2.24, 2.45) is 5.92 Å². The van der Waals surface area contributed by atoms with E-state index in [4.69, 9.17) is 0 Å². The van der Waals surface area contributed by atoms with Gasteiger partial charge in [-0.3, -0.25) is 4.98 Å². The largest absolute Gasteiger partial charge is 0.385 e. The zero-order chi connectivity index (χ0) is 13.3. The molecule has 1 aliphatic carbocycles. The lowest BCUT2D eigenvalue weighted by molar-refractivity contribution is -0.0556. The maximum absolute atomic E-state index is 11.1. The van der Waals surface area contributed by atoms with E-state index in [-0.39, 0.29) is 0 Å². The maximum atomic E-state index is 11.1. The van der Waals surface area contributed by atoms with Gasteiger partial charge in [0, 0.05) is 11.6 Å². The molecular weight excluding hydrogens is 234 g/mol. The molecule has 0 spiro atoms. The van der Waals surface area contributed by atoms with Gasteiger partial charge in [-0.05, 0) is 42.5 Å². The van der Waals surface area contributed by atoms with Gasteiger partial charge in [-0.1, -0.05) is 38.3 Å². The molecule has 2 unspecified atom stereocenters. The summed E-state index contributed by atoms with van der Waals surface area (Å²) < 4.78 is 0. The molecule has 2 aromatic rings. The van der Waals surface area contributed by atoms with E-state index in [1.165, 1.54) is 6.42 Å². The molecule has 0 amide bonds. The quantitative estimate of drug-likeness (QED) is 0.879. The average Bonchev–Trinajstić information content (AvgIpc) is 2.47. The number of aromatic nitrogens is 1. The number of benzene rings is 1. The summed E-state index contributed by atoms with van der Waals surface area (Å²) in [5.74, 6) is 0.385. The molecular formula is C17H21NO. The first kappa shape index (κ1) is 12.6. The van der Waals surface area contributed by atoms with E-state index < -0.39 is 5.60 Å². The molecule has 100 valence electrons. The first-order chi connectivity index (χ1) is 9.24. The standard InChI is InChI=1S/C17H21NO/c1-2-14-7-3-4-10-17(14,19)15-8-9-16-13(12-15)6-5-11-18-16/h5-6,8-9,11-12,14,19H,2-4,7,10H2,1H3. The van der Waals surface area contributed by atoms with Crippen molar-refractivity contribution in [3.05, 3.63) is 42.1 Å². The molecule has 2 heteroatoms. The third-order valence-electron chi connectivity index (χ3n) is 4.63.